The lowest BCUT2D eigenvalue weighted by molar-refractivity contribution is -0.138. The van der Waals surface area contributed by atoms with Crippen LogP contribution >= 0.6 is 0 Å². The van der Waals surface area contributed by atoms with Crippen molar-refractivity contribution in [1.82, 2.24) is 25.0 Å². The maximum atomic E-state index is 15.1. The van der Waals surface area contributed by atoms with Gasteiger partial charge in [0.05, 0.1) is 47.3 Å². The highest BCUT2D eigenvalue weighted by atomic mass is 19.1. The quantitative estimate of drug-likeness (QED) is 0.250. The van der Waals surface area contributed by atoms with E-state index >= 15 is 8.78 Å². The van der Waals surface area contributed by atoms with E-state index in [4.69, 9.17) is 9.47 Å². The fraction of sp³-hybridized carbons (Fsp3) is 0.432. The number of piperidine rings is 2. The number of aryl methyl sites for hydroxylation is 2. The second-order valence-electron chi connectivity index (χ2n) is 16.7. The van der Waals surface area contributed by atoms with Crippen molar-refractivity contribution in [3.05, 3.63) is 77.1 Å². The molecule has 0 unspecified atom stereocenters. The minimum atomic E-state index is -1.07. The number of nitrogens with one attached hydrogen (secondary N) is 2. The van der Waals surface area contributed by atoms with E-state index in [1.54, 1.807) is 27.9 Å². The Labute approximate surface area is 351 Å². The molecule has 0 radical (unpaired) electrons. The van der Waals surface area contributed by atoms with Crippen LogP contribution in [0.1, 0.15) is 73.0 Å². The molecule has 2 atom stereocenters. The van der Waals surface area contributed by atoms with Crippen LogP contribution in [0.5, 0.6) is 11.6 Å². The van der Waals surface area contributed by atoms with Crippen LogP contribution in [-0.4, -0.2) is 94.7 Å². The Bertz CT molecular complexity index is 2440. The normalized spacial score (nSPS) is 22.0. The Morgan fingerprint density at radius 2 is 1.72 bits per heavy atom. The SMILES string of the molecule is Cc1cc2cc(n1)-c1cnn(C)c1OCCC[C@@H](C)CN1/C(=N/C2=O)Nc2ccc(OC3CCN(C(=O)C4CN(c5cc(F)c([C@H]6CCC(=O)NC6=O)c(F)c5)C4)CC3)cc21. The average Bonchev–Trinajstić information content (AvgIpc) is 3.74. The average molecular weight is 836 g/mol. The molecule has 2 bridgehead atoms. The van der Waals surface area contributed by atoms with Gasteiger partial charge in [0.2, 0.25) is 29.6 Å². The van der Waals surface area contributed by atoms with E-state index < -0.39 is 35.3 Å². The van der Waals surface area contributed by atoms with Crippen LogP contribution in [0.15, 0.2) is 53.7 Å². The number of imide groups is 1. The van der Waals surface area contributed by atoms with Crippen LogP contribution in [0, 0.1) is 30.4 Å². The van der Waals surface area contributed by atoms with Crippen molar-refractivity contribution >= 4 is 46.7 Å². The standard InChI is InChI=1S/C44H47F2N9O6/c1-24-5-4-14-60-43-32(20-47-52(43)3)36-16-26(15-25(2)48-36)40(57)51-44-49-35-8-6-30(19-37(35)55(44)21-24)61-29-10-12-53(13-11-29)42(59)27-22-54(23-27)28-17-33(45)39(34(46)18-28)31-7-9-38(56)50-41(31)58/h6,8,15-20,24,27,29,31H,4-5,7,9-14,21-23H2,1-3H3,(H,49,51,57)(H,50,56,58)/t24-,31-/m1/s1. The minimum absolute atomic E-state index is 0.00147. The number of carbonyl (C=O) groups is 4. The Hall–Kier alpha value is -6.39. The molecule has 3 fully saturated rings. The number of carbonyl (C=O) groups excluding carboxylic acids is 4. The van der Waals surface area contributed by atoms with Crippen molar-refractivity contribution < 1.29 is 37.4 Å². The molecule has 2 N–H and O–H groups in total. The molecule has 5 aliphatic rings. The topological polar surface area (TPSA) is 164 Å². The smallest absolute Gasteiger partial charge is 0.280 e. The van der Waals surface area contributed by atoms with Gasteiger partial charge in [0, 0.05) is 87.6 Å². The number of guanidine groups is 1. The minimum Gasteiger partial charge on any atom is -0.490 e. The van der Waals surface area contributed by atoms with Crippen molar-refractivity contribution in [2.45, 2.75) is 64.4 Å². The van der Waals surface area contributed by atoms with Crippen LogP contribution < -0.4 is 29.9 Å². The first-order valence-corrected chi connectivity index (χ1v) is 20.9. The monoisotopic (exact) mass is 835 g/mol. The van der Waals surface area contributed by atoms with Gasteiger partial charge < -0.3 is 29.5 Å². The molecule has 4 amide bonds. The van der Waals surface area contributed by atoms with Crippen LogP contribution in [-0.2, 0) is 21.4 Å². The largest absolute Gasteiger partial charge is 0.490 e. The second-order valence-corrected chi connectivity index (χ2v) is 16.7. The summed E-state index contributed by atoms with van der Waals surface area (Å²) in [5, 5.41) is 9.90. The fourth-order valence-corrected chi connectivity index (χ4v) is 8.90. The number of anilines is 3. The number of nitrogens with zero attached hydrogens (tertiary/aromatic N) is 7. The van der Waals surface area contributed by atoms with Gasteiger partial charge in [-0.05, 0) is 68.5 Å². The molecule has 7 heterocycles. The summed E-state index contributed by atoms with van der Waals surface area (Å²) < 4.78 is 44.7. The van der Waals surface area contributed by atoms with Gasteiger partial charge in [-0.1, -0.05) is 6.92 Å². The number of pyridine rings is 1. The van der Waals surface area contributed by atoms with Gasteiger partial charge in [0.15, 0.2) is 0 Å². The van der Waals surface area contributed by atoms with Crippen LogP contribution in [0.25, 0.3) is 11.3 Å². The number of hydrogen-bond donors (Lipinski definition) is 2. The van der Waals surface area contributed by atoms with E-state index in [9.17, 15) is 19.2 Å². The van der Waals surface area contributed by atoms with E-state index in [1.165, 1.54) is 12.1 Å². The molecule has 61 heavy (non-hydrogen) atoms. The number of fused-ring (bicyclic) bond motifs is 7. The first kappa shape index (κ1) is 40.0. The molecule has 0 spiro atoms. The highest BCUT2D eigenvalue weighted by Gasteiger charge is 2.39. The van der Waals surface area contributed by atoms with E-state index in [1.807, 2.05) is 42.0 Å². The third-order valence-electron chi connectivity index (χ3n) is 12.2. The second kappa shape index (κ2) is 16.2. The number of aliphatic imine (C=N–C) groups is 1. The van der Waals surface area contributed by atoms with Crippen molar-refractivity contribution in [3.63, 3.8) is 0 Å². The summed E-state index contributed by atoms with van der Waals surface area (Å²) >= 11 is 0. The Morgan fingerprint density at radius 3 is 2.48 bits per heavy atom. The third kappa shape index (κ3) is 8.00. The van der Waals surface area contributed by atoms with Crippen molar-refractivity contribution in [1.29, 1.82) is 0 Å². The van der Waals surface area contributed by atoms with Gasteiger partial charge in [0.1, 0.15) is 23.5 Å². The van der Waals surface area contributed by atoms with Crippen LogP contribution in [0.4, 0.5) is 25.8 Å². The van der Waals surface area contributed by atoms with Gasteiger partial charge >= 0.3 is 0 Å². The molecule has 17 heteroatoms. The number of amides is 4. The Morgan fingerprint density at radius 1 is 0.951 bits per heavy atom. The number of halogens is 2. The van der Waals surface area contributed by atoms with Gasteiger partial charge in [-0.15, -0.1) is 0 Å². The van der Waals surface area contributed by atoms with E-state index in [0.717, 1.165) is 24.2 Å². The molecule has 2 aromatic heterocycles. The molecular weight excluding hydrogens is 789 g/mol. The molecule has 318 valence electrons. The summed E-state index contributed by atoms with van der Waals surface area (Å²) in [7, 11) is 1.82. The van der Waals surface area contributed by atoms with Crippen LogP contribution in [0.3, 0.4) is 0 Å². The van der Waals surface area contributed by atoms with Crippen LogP contribution in [0.2, 0.25) is 0 Å². The molecule has 3 saturated heterocycles. The van der Waals surface area contributed by atoms with Crippen molar-refractivity contribution in [2.75, 3.05) is 54.4 Å². The van der Waals surface area contributed by atoms with Crippen molar-refractivity contribution in [3.8, 4) is 22.9 Å². The number of ether oxygens (including phenoxy) is 2. The van der Waals surface area contributed by atoms with E-state index in [2.05, 4.69) is 32.6 Å². The predicted octanol–water partition coefficient (Wildman–Crippen LogP) is 5.33. The van der Waals surface area contributed by atoms with Gasteiger partial charge in [-0.2, -0.15) is 10.1 Å². The summed E-state index contributed by atoms with van der Waals surface area (Å²) in [5.41, 5.74) is 4.01. The molecular formula is C44H47F2N9O6. The molecule has 5 aliphatic heterocycles. The first-order valence-electron chi connectivity index (χ1n) is 20.9. The van der Waals surface area contributed by atoms with E-state index in [0.29, 0.717) is 98.0 Å². The Balaban J connectivity index is 0.831. The molecule has 4 aromatic rings. The number of likely N-dealkylation sites (tertiary alicyclic amines) is 1. The predicted molar refractivity (Wildman–Crippen MR) is 222 cm³/mol. The summed E-state index contributed by atoms with van der Waals surface area (Å²) in [5.74, 6) is -2.70. The highest BCUT2D eigenvalue weighted by molar-refractivity contribution is 6.19. The molecule has 15 nitrogen and oxygen atoms in total. The zero-order valence-electron chi connectivity index (χ0n) is 34.2. The summed E-state index contributed by atoms with van der Waals surface area (Å²) in [6.45, 7) is 6.78. The molecule has 9 rings (SSSR count). The molecule has 2 aromatic carbocycles. The highest BCUT2D eigenvalue weighted by Crippen LogP contribution is 2.39. The number of aromatic nitrogens is 3. The maximum absolute atomic E-state index is 15.1. The summed E-state index contributed by atoms with van der Waals surface area (Å²) in [4.78, 5) is 65.9. The lowest BCUT2D eigenvalue weighted by Crippen LogP contribution is -2.56. The van der Waals surface area contributed by atoms with Gasteiger partial charge in [-0.3, -0.25) is 29.5 Å². The molecule has 0 aliphatic carbocycles. The fourth-order valence-electron chi connectivity index (χ4n) is 8.90. The maximum Gasteiger partial charge on any atom is 0.280 e. The number of hydrogen-bond acceptors (Lipinski definition) is 11. The number of rotatable bonds is 5. The lowest BCUT2D eigenvalue weighted by Gasteiger charge is -2.43. The van der Waals surface area contributed by atoms with Gasteiger partial charge in [-0.25, -0.2) is 13.5 Å². The van der Waals surface area contributed by atoms with Gasteiger partial charge in [0.25, 0.3) is 5.91 Å². The molecule has 0 saturated carbocycles. The zero-order valence-corrected chi connectivity index (χ0v) is 34.2. The first-order chi connectivity index (χ1) is 29.4. The van der Waals surface area contributed by atoms with E-state index in [-0.39, 0.29) is 42.3 Å². The zero-order chi connectivity index (χ0) is 42.5. The number of benzene rings is 2. The lowest BCUT2D eigenvalue weighted by atomic mass is 9.89. The van der Waals surface area contributed by atoms with Crippen molar-refractivity contribution in [2.24, 2.45) is 23.9 Å². The Kier molecular flexibility index (Phi) is 10.7. The third-order valence-corrected chi connectivity index (χ3v) is 12.2. The summed E-state index contributed by atoms with van der Waals surface area (Å²) in [6.07, 6.45) is 4.58. The summed E-state index contributed by atoms with van der Waals surface area (Å²) in [6, 6.07) is 11.6.